The Morgan fingerprint density at radius 2 is 1.96 bits per heavy atom. The minimum atomic E-state index is -0.386. The van der Waals surface area contributed by atoms with Crippen LogP contribution in [0.3, 0.4) is 0 Å². The maximum atomic E-state index is 11.8. The van der Waals surface area contributed by atoms with Gasteiger partial charge in [-0.2, -0.15) is 0 Å². The van der Waals surface area contributed by atoms with Crippen LogP contribution in [-0.2, 0) is 16.1 Å². The molecule has 1 fully saturated rings. The third kappa shape index (κ3) is 3.83. The Hall–Kier alpha value is -2.37. The van der Waals surface area contributed by atoms with Crippen molar-refractivity contribution in [2.75, 3.05) is 20.3 Å². The van der Waals surface area contributed by atoms with Gasteiger partial charge in [-0.1, -0.05) is 42.5 Å². The van der Waals surface area contributed by atoms with E-state index in [2.05, 4.69) is 29.2 Å². The van der Waals surface area contributed by atoms with Gasteiger partial charge in [-0.05, 0) is 24.1 Å². The molecule has 1 saturated heterocycles. The first-order chi connectivity index (χ1) is 12.1. The number of rotatable bonds is 5. The smallest absolute Gasteiger partial charge is 0.237 e. The number of hydrogen-bond acceptors (Lipinski definition) is 4. The molecule has 5 heteroatoms. The summed E-state index contributed by atoms with van der Waals surface area (Å²) in [5, 5.41) is 0. The van der Waals surface area contributed by atoms with Crippen LogP contribution < -0.4 is 10.5 Å². The molecule has 25 heavy (non-hydrogen) atoms. The minimum absolute atomic E-state index is 0.181. The molecule has 5 nitrogen and oxygen atoms in total. The lowest BCUT2D eigenvalue weighted by Crippen LogP contribution is -2.56. The third-order valence-electron chi connectivity index (χ3n) is 4.65. The molecule has 0 bridgehead atoms. The maximum absolute atomic E-state index is 11.8. The van der Waals surface area contributed by atoms with Crippen molar-refractivity contribution >= 4 is 5.91 Å². The highest BCUT2D eigenvalue weighted by Crippen LogP contribution is 2.30. The lowest BCUT2D eigenvalue weighted by atomic mass is 10.0. The Kier molecular flexibility index (Phi) is 5.36. The van der Waals surface area contributed by atoms with E-state index in [-0.39, 0.29) is 18.1 Å². The fourth-order valence-electron chi connectivity index (χ4n) is 3.38. The molecule has 2 aromatic rings. The number of benzene rings is 2. The fourth-order valence-corrected chi connectivity index (χ4v) is 3.38. The number of amides is 1. The van der Waals surface area contributed by atoms with E-state index in [1.54, 1.807) is 7.11 Å². The molecule has 1 aliphatic heterocycles. The first-order valence-electron chi connectivity index (χ1n) is 8.47. The van der Waals surface area contributed by atoms with Gasteiger partial charge < -0.3 is 15.2 Å². The summed E-state index contributed by atoms with van der Waals surface area (Å²) in [5.74, 6) is 0.517. The molecule has 3 rings (SSSR count). The highest BCUT2D eigenvalue weighted by molar-refractivity contribution is 5.80. The lowest BCUT2D eigenvalue weighted by molar-refractivity contribution is -0.136. The number of para-hydroxylation sites is 1. The first-order valence-corrected chi connectivity index (χ1v) is 8.47. The second-order valence-corrected chi connectivity index (χ2v) is 6.29. The van der Waals surface area contributed by atoms with Crippen molar-refractivity contribution in [1.29, 1.82) is 0 Å². The number of ether oxygens (including phenoxy) is 2. The Labute approximate surface area is 148 Å². The van der Waals surface area contributed by atoms with Gasteiger partial charge in [0.1, 0.15) is 11.8 Å². The SMILES string of the molecule is COc1ccccc1-c1ccc(CN2CCO[C@H](C)[C@H]2C(N)=O)cc1. The minimum Gasteiger partial charge on any atom is -0.496 e. The van der Waals surface area contributed by atoms with Gasteiger partial charge in [-0.15, -0.1) is 0 Å². The third-order valence-corrected chi connectivity index (χ3v) is 4.65. The summed E-state index contributed by atoms with van der Waals surface area (Å²) >= 11 is 0. The van der Waals surface area contributed by atoms with Crippen LogP contribution in [0.25, 0.3) is 11.1 Å². The number of methoxy groups -OCH3 is 1. The molecule has 132 valence electrons. The average Bonchev–Trinajstić information content (AvgIpc) is 2.62. The van der Waals surface area contributed by atoms with Crippen molar-refractivity contribution in [3.63, 3.8) is 0 Å². The Morgan fingerprint density at radius 1 is 1.24 bits per heavy atom. The molecule has 2 atom stereocenters. The summed E-state index contributed by atoms with van der Waals surface area (Å²) in [4.78, 5) is 13.9. The van der Waals surface area contributed by atoms with Crippen molar-refractivity contribution in [2.45, 2.75) is 25.6 Å². The summed E-state index contributed by atoms with van der Waals surface area (Å²) in [6.07, 6.45) is -0.181. The topological polar surface area (TPSA) is 64.8 Å². The normalized spacial score (nSPS) is 21.0. The van der Waals surface area contributed by atoms with Crippen molar-refractivity contribution < 1.29 is 14.3 Å². The molecular formula is C20H24N2O3. The number of hydrogen-bond donors (Lipinski definition) is 1. The number of morpholine rings is 1. The Bertz CT molecular complexity index is 730. The molecule has 0 saturated carbocycles. The van der Waals surface area contributed by atoms with E-state index in [0.717, 1.165) is 22.4 Å². The van der Waals surface area contributed by atoms with Crippen LogP contribution in [0.1, 0.15) is 12.5 Å². The van der Waals surface area contributed by atoms with Gasteiger partial charge in [-0.3, -0.25) is 9.69 Å². The monoisotopic (exact) mass is 340 g/mol. The van der Waals surface area contributed by atoms with Crippen molar-refractivity contribution in [2.24, 2.45) is 5.73 Å². The van der Waals surface area contributed by atoms with Crippen LogP contribution in [-0.4, -0.2) is 43.2 Å². The average molecular weight is 340 g/mol. The predicted octanol–water partition coefficient (Wildman–Crippen LogP) is 2.44. The van der Waals surface area contributed by atoms with Gasteiger partial charge >= 0.3 is 0 Å². The van der Waals surface area contributed by atoms with Crippen molar-refractivity contribution in [3.05, 3.63) is 54.1 Å². The van der Waals surface area contributed by atoms with E-state index in [1.807, 2.05) is 31.2 Å². The number of carbonyl (C=O) groups excluding carboxylic acids is 1. The van der Waals surface area contributed by atoms with E-state index < -0.39 is 0 Å². The summed E-state index contributed by atoms with van der Waals surface area (Å²) in [6, 6.07) is 15.9. The van der Waals surface area contributed by atoms with Gasteiger partial charge in [-0.25, -0.2) is 0 Å². The number of nitrogens with two attached hydrogens (primary N) is 1. The number of carbonyl (C=O) groups is 1. The highest BCUT2D eigenvalue weighted by Gasteiger charge is 2.33. The zero-order chi connectivity index (χ0) is 17.8. The van der Waals surface area contributed by atoms with Crippen LogP contribution in [0.2, 0.25) is 0 Å². The highest BCUT2D eigenvalue weighted by atomic mass is 16.5. The van der Waals surface area contributed by atoms with Crippen LogP contribution in [0, 0.1) is 0 Å². The van der Waals surface area contributed by atoms with Crippen LogP contribution >= 0.6 is 0 Å². The summed E-state index contributed by atoms with van der Waals surface area (Å²) in [6.45, 7) is 3.89. The molecule has 1 amide bonds. The largest absolute Gasteiger partial charge is 0.496 e. The molecule has 1 heterocycles. The summed E-state index contributed by atoms with van der Waals surface area (Å²) in [7, 11) is 1.68. The van der Waals surface area contributed by atoms with Gasteiger partial charge in [0.25, 0.3) is 0 Å². The molecule has 1 aliphatic rings. The zero-order valence-corrected chi connectivity index (χ0v) is 14.6. The molecule has 2 N–H and O–H groups in total. The zero-order valence-electron chi connectivity index (χ0n) is 14.6. The predicted molar refractivity (Wildman–Crippen MR) is 97.2 cm³/mol. The van der Waals surface area contributed by atoms with Gasteiger partial charge in [0.05, 0.1) is 19.8 Å². The van der Waals surface area contributed by atoms with E-state index >= 15 is 0 Å². The van der Waals surface area contributed by atoms with E-state index in [1.165, 1.54) is 0 Å². The van der Waals surface area contributed by atoms with E-state index in [9.17, 15) is 4.79 Å². The summed E-state index contributed by atoms with van der Waals surface area (Å²) < 4.78 is 11.0. The van der Waals surface area contributed by atoms with Gasteiger partial charge in [0.2, 0.25) is 5.91 Å². The standard InChI is InChI=1S/C20H24N2O3/c1-14-19(20(21)23)22(11-12-25-14)13-15-7-9-16(10-8-15)17-5-3-4-6-18(17)24-2/h3-10,14,19H,11-13H2,1-2H3,(H2,21,23)/t14-,19+/m1/s1. The Morgan fingerprint density at radius 3 is 2.64 bits per heavy atom. The summed E-state index contributed by atoms with van der Waals surface area (Å²) in [5.41, 5.74) is 8.86. The van der Waals surface area contributed by atoms with Gasteiger partial charge in [0.15, 0.2) is 0 Å². The Balaban J connectivity index is 1.77. The molecule has 0 spiro atoms. The van der Waals surface area contributed by atoms with E-state index in [4.69, 9.17) is 15.2 Å². The number of primary amides is 1. The quantitative estimate of drug-likeness (QED) is 0.908. The second-order valence-electron chi connectivity index (χ2n) is 6.29. The molecule has 0 aromatic heterocycles. The number of nitrogens with zero attached hydrogens (tertiary/aromatic N) is 1. The van der Waals surface area contributed by atoms with Crippen LogP contribution in [0.5, 0.6) is 5.75 Å². The fraction of sp³-hybridized carbons (Fsp3) is 0.350. The lowest BCUT2D eigenvalue weighted by Gasteiger charge is -2.37. The molecule has 0 aliphatic carbocycles. The van der Waals surface area contributed by atoms with Gasteiger partial charge in [0, 0.05) is 18.7 Å². The van der Waals surface area contributed by atoms with Crippen molar-refractivity contribution in [1.82, 2.24) is 4.90 Å². The maximum Gasteiger partial charge on any atom is 0.237 e. The van der Waals surface area contributed by atoms with Crippen molar-refractivity contribution in [3.8, 4) is 16.9 Å². The molecule has 0 radical (unpaired) electrons. The second kappa shape index (κ2) is 7.68. The van der Waals surface area contributed by atoms with Crippen LogP contribution in [0.4, 0.5) is 0 Å². The first kappa shape index (κ1) is 17.5. The molecule has 0 unspecified atom stereocenters. The molecular weight excluding hydrogens is 316 g/mol. The van der Waals surface area contributed by atoms with E-state index in [0.29, 0.717) is 19.7 Å². The molecule has 2 aromatic carbocycles. The van der Waals surface area contributed by atoms with Crippen LogP contribution in [0.15, 0.2) is 48.5 Å².